The van der Waals surface area contributed by atoms with Crippen molar-refractivity contribution in [1.82, 2.24) is 10.2 Å². The van der Waals surface area contributed by atoms with Crippen LogP contribution in [0.25, 0.3) is 11.5 Å². The Morgan fingerprint density at radius 2 is 2.07 bits per heavy atom. The van der Waals surface area contributed by atoms with Crippen molar-refractivity contribution in [3.8, 4) is 11.5 Å². The summed E-state index contributed by atoms with van der Waals surface area (Å²) in [6.07, 6.45) is 3.32. The Labute approximate surface area is 161 Å². The molecule has 8 heteroatoms. The number of hydrogen-bond donors (Lipinski definition) is 1. The number of H-pyrrole nitrogens is 1. The number of nitrogens with zero attached hydrogens (tertiary/aromatic N) is 3. The van der Waals surface area contributed by atoms with E-state index in [9.17, 15) is 14.9 Å². The molecule has 4 rings (SSSR count). The van der Waals surface area contributed by atoms with Gasteiger partial charge >= 0.3 is 0 Å². The maximum Gasteiger partial charge on any atom is 0.293 e. The number of nitro groups is 1. The van der Waals surface area contributed by atoms with Crippen LogP contribution >= 0.6 is 0 Å². The first-order valence-corrected chi connectivity index (χ1v) is 9.16. The molecule has 0 radical (unpaired) electrons. The second-order valence-electron chi connectivity index (χ2n) is 6.96. The summed E-state index contributed by atoms with van der Waals surface area (Å²) in [7, 11) is 0. The number of anilines is 1. The quantitative estimate of drug-likeness (QED) is 0.405. The number of carbonyl (C=O) groups excluding carboxylic acids is 1. The van der Waals surface area contributed by atoms with E-state index in [2.05, 4.69) is 10.2 Å². The van der Waals surface area contributed by atoms with Crippen molar-refractivity contribution in [2.24, 2.45) is 0 Å². The van der Waals surface area contributed by atoms with Crippen molar-refractivity contribution in [2.75, 3.05) is 18.0 Å². The van der Waals surface area contributed by atoms with Gasteiger partial charge in [0, 0.05) is 36.3 Å². The SMILES string of the molecule is CC(=O)c1ccc(N2CCC(c3cc(-c4ccco4)n[nH]3)CC2)c([N+](=O)[O-])c1. The molecule has 1 saturated heterocycles. The van der Waals surface area contributed by atoms with Gasteiger partial charge in [0.05, 0.1) is 11.2 Å². The molecule has 0 saturated carbocycles. The molecule has 0 aliphatic carbocycles. The summed E-state index contributed by atoms with van der Waals surface area (Å²) >= 11 is 0. The predicted molar refractivity (Wildman–Crippen MR) is 104 cm³/mol. The fourth-order valence-electron chi connectivity index (χ4n) is 3.68. The smallest absolute Gasteiger partial charge is 0.293 e. The second-order valence-corrected chi connectivity index (χ2v) is 6.96. The Kier molecular flexibility index (Phi) is 4.68. The second kappa shape index (κ2) is 7.30. The Morgan fingerprint density at radius 1 is 1.29 bits per heavy atom. The molecule has 3 heterocycles. The standard InChI is InChI=1S/C20H20N4O4/c1-13(25)15-4-5-18(19(11-15)24(26)27)23-8-6-14(7-9-23)16-12-17(22-21-16)20-3-2-10-28-20/h2-5,10-12,14H,6-9H2,1H3,(H,21,22). The molecule has 0 bridgehead atoms. The van der Waals surface area contributed by atoms with E-state index >= 15 is 0 Å². The van der Waals surface area contributed by atoms with Crippen LogP contribution in [-0.2, 0) is 0 Å². The number of aromatic nitrogens is 2. The normalized spacial score (nSPS) is 15.0. The summed E-state index contributed by atoms with van der Waals surface area (Å²) in [5.74, 6) is 0.851. The van der Waals surface area contributed by atoms with E-state index in [1.54, 1.807) is 18.4 Å². The zero-order chi connectivity index (χ0) is 19.7. The lowest BCUT2D eigenvalue weighted by atomic mass is 9.93. The number of benzene rings is 1. The third-order valence-electron chi connectivity index (χ3n) is 5.23. The Bertz CT molecular complexity index is 1000. The minimum Gasteiger partial charge on any atom is -0.463 e. The van der Waals surface area contributed by atoms with Gasteiger partial charge in [0.1, 0.15) is 11.4 Å². The van der Waals surface area contributed by atoms with E-state index in [0.717, 1.165) is 30.0 Å². The van der Waals surface area contributed by atoms with Crippen molar-refractivity contribution < 1.29 is 14.1 Å². The number of furan rings is 1. The predicted octanol–water partition coefficient (Wildman–Crippen LogP) is 4.16. The third kappa shape index (κ3) is 3.40. The van der Waals surface area contributed by atoms with Crippen LogP contribution in [0.1, 0.15) is 41.7 Å². The number of nitrogens with one attached hydrogen (secondary N) is 1. The van der Waals surface area contributed by atoms with Crippen LogP contribution < -0.4 is 4.90 Å². The van der Waals surface area contributed by atoms with Crippen LogP contribution in [0.2, 0.25) is 0 Å². The van der Waals surface area contributed by atoms with Crippen LogP contribution in [0.15, 0.2) is 47.1 Å². The number of piperidine rings is 1. The van der Waals surface area contributed by atoms with E-state index in [-0.39, 0.29) is 11.5 Å². The summed E-state index contributed by atoms with van der Waals surface area (Å²) in [6.45, 7) is 2.80. The van der Waals surface area contributed by atoms with E-state index in [0.29, 0.717) is 30.3 Å². The zero-order valence-electron chi connectivity index (χ0n) is 15.4. The summed E-state index contributed by atoms with van der Waals surface area (Å²) in [6, 6.07) is 10.4. The molecule has 144 valence electrons. The highest BCUT2D eigenvalue weighted by Crippen LogP contribution is 2.35. The molecule has 0 unspecified atom stereocenters. The molecule has 1 N–H and O–H groups in total. The molecular weight excluding hydrogens is 360 g/mol. The summed E-state index contributed by atoms with van der Waals surface area (Å²) in [4.78, 5) is 24.6. The third-order valence-corrected chi connectivity index (χ3v) is 5.23. The molecule has 1 aliphatic rings. The lowest BCUT2D eigenvalue weighted by molar-refractivity contribution is -0.384. The van der Waals surface area contributed by atoms with Gasteiger partial charge in [0.2, 0.25) is 0 Å². The Morgan fingerprint density at radius 3 is 2.71 bits per heavy atom. The number of carbonyl (C=O) groups is 1. The molecule has 0 spiro atoms. The van der Waals surface area contributed by atoms with Gasteiger partial charge in [0.15, 0.2) is 11.5 Å². The number of nitro benzene ring substituents is 1. The fraction of sp³-hybridized carbons (Fsp3) is 0.300. The van der Waals surface area contributed by atoms with Crippen molar-refractivity contribution in [3.63, 3.8) is 0 Å². The van der Waals surface area contributed by atoms with Gasteiger partial charge in [-0.3, -0.25) is 20.0 Å². The van der Waals surface area contributed by atoms with Gasteiger partial charge in [-0.05, 0) is 50.1 Å². The van der Waals surface area contributed by atoms with E-state index in [4.69, 9.17) is 4.42 Å². The summed E-state index contributed by atoms with van der Waals surface area (Å²) in [5, 5.41) is 18.9. The molecule has 0 amide bonds. The van der Waals surface area contributed by atoms with E-state index < -0.39 is 4.92 Å². The highest BCUT2D eigenvalue weighted by atomic mass is 16.6. The maximum atomic E-state index is 11.5. The molecule has 2 aromatic heterocycles. The van der Waals surface area contributed by atoms with E-state index in [1.807, 2.05) is 23.1 Å². The number of Topliss-reactive ketones (excluding diaryl/α,β-unsaturated/α-hetero) is 1. The Hall–Kier alpha value is -3.42. The molecule has 28 heavy (non-hydrogen) atoms. The Balaban J connectivity index is 1.49. The van der Waals surface area contributed by atoms with Gasteiger partial charge in [-0.2, -0.15) is 5.10 Å². The summed E-state index contributed by atoms with van der Waals surface area (Å²) < 4.78 is 5.38. The number of hydrogen-bond acceptors (Lipinski definition) is 6. The topological polar surface area (TPSA) is 105 Å². The van der Waals surface area contributed by atoms with Gasteiger partial charge in [0.25, 0.3) is 5.69 Å². The summed E-state index contributed by atoms with van der Waals surface area (Å²) in [5.41, 5.74) is 2.72. The minimum absolute atomic E-state index is 0.0206. The lowest BCUT2D eigenvalue weighted by Crippen LogP contribution is -2.33. The van der Waals surface area contributed by atoms with Crippen molar-refractivity contribution in [2.45, 2.75) is 25.7 Å². The van der Waals surface area contributed by atoms with Crippen LogP contribution in [0, 0.1) is 10.1 Å². The average Bonchev–Trinajstić information content (AvgIpc) is 3.39. The molecule has 8 nitrogen and oxygen atoms in total. The highest BCUT2D eigenvalue weighted by Gasteiger charge is 2.27. The van der Waals surface area contributed by atoms with Crippen molar-refractivity contribution in [3.05, 3.63) is 64.0 Å². The van der Waals surface area contributed by atoms with Gasteiger partial charge < -0.3 is 9.32 Å². The first kappa shape index (κ1) is 18.0. The maximum absolute atomic E-state index is 11.5. The first-order valence-electron chi connectivity index (χ1n) is 9.16. The molecule has 0 atom stereocenters. The average molecular weight is 380 g/mol. The first-order chi connectivity index (χ1) is 13.5. The molecular formula is C20H20N4O4. The molecule has 1 fully saturated rings. The van der Waals surface area contributed by atoms with Crippen LogP contribution in [0.3, 0.4) is 0 Å². The fourth-order valence-corrected chi connectivity index (χ4v) is 3.68. The molecule has 1 aliphatic heterocycles. The minimum atomic E-state index is -0.418. The van der Waals surface area contributed by atoms with Crippen LogP contribution in [0.5, 0.6) is 0 Å². The van der Waals surface area contributed by atoms with Gasteiger partial charge in [-0.15, -0.1) is 0 Å². The van der Waals surface area contributed by atoms with Crippen molar-refractivity contribution >= 4 is 17.2 Å². The van der Waals surface area contributed by atoms with E-state index in [1.165, 1.54) is 13.0 Å². The highest BCUT2D eigenvalue weighted by molar-refractivity contribution is 5.95. The molecule has 1 aromatic carbocycles. The van der Waals surface area contributed by atoms with Gasteiger partial charge in [-0.1, -0.05) is 0 Å². The van der Waals surface area contributed by atoms with Crippen LogP contribution in [-0.4, -0.2) is 34.0 Å². The number of rotatable bonds is 5. The zero-order valence-corrected chi connectivity index (χ0v) is 15.4. The number of aromatic amines is 1. The largest absolute Gasteiger partial charge is 0.463 e. The van der Waals surface area contributed by atoms with Crippen molar-refractivity contribution in [1.29, 1.82) is 0 Å². The van der Waals surface area contributed by atoms with Gasteiger partial charge in [-0.25, -0.2) is 0 Å². The molecule has 3 aromatic rings. The lowest BCUT2D eigenvalue weighted by Gasteiger charge is -2.32. The number of ketones is 1. The monoisotopic (exact) mass is 380 g/mol. The van der Waals surface area contributed by atoms with Crippen LogP contribution in [0.4, 0.5) is 11.4 Å².